The average Bonchev–Trinajstić information content (AvgIpc) is 2.52. The van der Waals surface area contributed by atoms with E-state index in [1.54, 1.807) is 0 Å². The Morgan fingerprint density at radius 3 is 2.62 bits per heavy atom. The lowest BCUT2D eigenvalue weighted by molar-refractivity contribution is -0.137. The van der Waals surface area contributed by atoms with Gasteiger partial charge in [-0.05, 0) is 25.0 Å². The molecule has 3 N–H and O–H groups in total. The van der Waals surface area contributed by atoms with Crippen LogP contribution in [0.4, 0.5) is 22.4 Å². The number of nitrogens with two attached hydrogens (primary N) is 1. The maximum absolute atomic E-state index is 13.7. The third-order valence-corrected chi connectivity index (χ3v) is 3.94. The van der Waals surface area contributed by atoms with Crippen molar-refractivity contribution in [3.05, 3.63) is 35.1 Å². The van der Waals surface area contributed by atoms with Crippen molar-refractivity contribution in [2.24, 2.45) is 11.7 Å². The van der Waals surface area contributed by atoms with Crippen LogP contribution in [0, 0.1) is 11.7 Å². The van der Waals surface area contributed by atoms with E-state index in [0.29, 0.717) is 25.5 Å². The van der Waals surface area contributed by atoms with Crippen LogP contribution < -0.4 is 11.1 Å². The van der Waals surface area contributed by atoms with Gasteiger partial charge >= 0.3 is 12.2 Å². The number of urea groups is 1. The van der Waals surface area contributed by atoms with Crippen molar-refractivity contribution in [1.82, 2.24) is 10.2 Å². The molecule has 2 rings (SSSR count). The van der Waals surface area contributed by atoms with E-state index >= 15 is 0 Å². The third-order valence-electron chi connectivity index (χ3n) is 3.94. The molecule has 9 heteroatoms. The summed E-state index contributed by atoms with van der Waals surface area (Å²) in [6, 6.07) is 1.55. The number of hydrogen-bond donors (Lipinski definition) is 2. The van der Waals surface area contributed by atoms with Gasteiger partial charge in [0.2, 0.25) is 5.91 Å². The maximum atomic E-state index is 13.7. The number of primary amides is 1. The largest absolute Gasteiger partial charge is 0.416 e. The van der Waals surface area contributed by atoms with Crippen LogP contribution in [0.2, 0.25) is 0 Å². The highest BCUT2D eigenvalue weighted by molar-refractivity contribution is 5.80. The highest BCUT2D eigenvalue weighted by Gasteiger charge is 2.31. The number of amides is 3. The number of nitrogens with one attached hydrogen (secondary N) is 1. The zero-order chi connectivity index (χ0) is 17.9. The SMILES string of the molecule is NC(=O)N1CCC[C@@H](C(=O)NCc2ccc(C(F)(F)F)cc2F)C1. The van der Waals surface area contributed by atoms with Crippen LogP contribution in [0.15, 0.2) is 18.2 Å². The van der Waals surface area contributed by atoms with Gasteiger partial charge in [0.1, 0.15) is 5.82 Å². The zero-order valence-electron chi connectivity index (χ0n) is 12.7. The van der Waals surface area contributed by atoms with Gasteiger partial charge in [-0.3, -0.25) is 4.79 Å². The number of halogens is 4. The molecule has 5 nitrogen and oxygen atoms in total. The molecule has 132 valence electrons. The molecule has 1 saturated heterocycles. The van der Waals surface area contributed by atoms with Crippen molar-refractivity contribution in [2.45, 2.75) is 25.6 Å². The van der Waals surface area contributed by atoms with Gasteiger partial charge < -0.3 is 16.0 Å². The minimum absolute atomic E-state index is 0.0427. The van der Waals surface area contributed by atoms with Gasteiger partial charge in [-0.1, -0.05) is 6.07 Å². The molecule has 0 bridgehead atoms. The number of likely N-dealkylation sites (tertiary alicyclic amines) is 1. The molecule has 24 heavy (non-hydrogen) atoms. The monoisotopic (exact) mass is 347 g/mol. The van der Waals surface area contributed by atoms with E-state index in [0.717, 1.165) is 12.1 Å². The first-order valence-electron chi connectivity index (χ1n) is 7.36. The number of nitrogens with zero attached hydrogens (tertiary/aromatic N) is 1. The standard InChI is InChI=1S/C15H17F4N3O2/c16-12-6-11(15(17,18)19)4-3-9(12)7-21-13(23)10-2-1-5-22(8-10)14(20)24/h3-4,6,10H,1-2,5,7-8H2,(H2,20,24)(H,21,23)/t10-/m1/s1. The van der Waals surface area contributed by atoms with Crippen LogP contribution in [-0.2, 0) is 17.5 Å². The molecular weight excluding hydrogens is 330 g/mol. The molecule has 3 amide bonds. The van der Waals surface area contributed by atoms with Crippen molar-refractivity contribution < 1.29 is 27.2 Å². The molecule has 1 aromatic rings. The first-order valence-corrected chi connectivity index (χ1v) is 7.36. The van der Waals surface area contributed by atoms with Crippen molar-refractivity contribution >= 4 is 11.9 Å². The van der Waals surface area contributed by atoms with Crippen molar-refractivity contribution in [2.75, 3.05) is 13.1 Å². The fourth-order valence-corrected chi connectivity index (χ4v) is 2.59. The Hall–Kier alpha value is -2.32. The summed E-state index contributed by atoms with van der Waals surface area (Å²) in [6.45, 7) is 0.430. The van der Waals surface area contributed by atoms with Gasteiger partial charge in [0, 0.05) is 25.2 Å². The molecular formula is C15H17F4N3O2. The summed E-state index contributed by atoms with van der Waals surface area (Å²) < 4.78 is 51.2. The first kappa shape index (κ1) is 18.0. The zero-order valence-corrected chi connectivity index (χ0v) is 12.7. The molecule has 1 fully saturated rings. The predicted octanol–water partition coefficient (Wildman–Crippen LogP) is 2.25. The summed E-state index contributed by atoms with van der Waals surface area (Å²) in [5.74, 6) is -1.89. The number of hydrogen-bond acceptors (Lipinski definition) is 2. The number of carbonyl (C=O) groups is 2. The van der Waals surface area contributed by atoms with E-state index in [9.17, 15) is 27.2 Å². The third kappa shape index (κ3) is 4.36. The number of carbonyl (C=O) groups excluding carboxylic acids is 2. The summed E-state index contributed by atoms with van der Waals surface area (Å²) in [4.78, 5) is 24.6. The van der Waals surface area contributed by atoms with Gasteiger partial charge in [-0.15, -0.1) is 0 Å². The molecule has 1 atom stereocenters. The smallest absolute Gasteiger partial charge is 0.352 e. The second-order valence-electron chi connectivity index (χ2n) is 5.65. The van der Waals surface area contributed by atoms with Crippen LogP contribution in [0.3, 0.4) is 0 Å². The van der Waals surface area contributed by atoms with Crippen LogP contribution in [0.1, 0.15) is 24.0 Å². The average molecular weight is 347 g/mol. The Morgan fingerprint density at radius 1 is 1.33 bits per heavy atom. The van der Waals surface area contributed by atoms with Crippen molar-refractivity contribution in [3.63, 3.8) is 0 Å². The molecule has 0 spiro atoms. The fourth-order valence-electron chi connectivity index (χ4n) is 2.59. The Morgan fingerprint density at radius 2 is 2.04 bits per heavy atom. The van der Waals surface area contributed by atoms with E-state index in [4.69, 9.17) is 5.73 Å². The lowest BCUT2D eigenvalue weighted by atomic mass is 9.97. The van der Waals surface area contributed by atoms with E-state index in [-0.39, 0.29) is 24.6 Å². The highest BCUT2D eigenvalue weighted by Crippen LogP contribution is 2.30. The Kier molecular flexibility index (Phi) is 5.30. The topological polar surface area (TPSA) is 75.4 Å². The molecule has 1 aromatic carbocycles. The first-order chi connectivity index (χ1) is 11.2. The minimum atomic E-state index is -4.62. The van der Waals surface area contributed by atoms with Crippen molar-refractivity contribution in [1.29, 1.82) is 0 Å². The van der Waals surface area contributed by atoms with Gasteiger partial charge in [0.05, 0.1) is 11.5 Å². The lowest BCUT2D eigenvalue weighted by Crippen LogP contribution is -2.47. The molecule has 0 radical (unpaired) electrons. The van der Waals surface area contributed by atoms with Crippen molar-refractivity contribution in [3.8, 4) is 0 Å². The van der Waals surface area contributed by atoms with Crippen LogP contribution in [0.25, 0.3) is 0 Å². The van der Waals surface area contributed by atoms with Gasteiger partial charge in [0.15, 0.2) is 0 Å². The summed E-state index contributed by atoms with van der Waals surface area (Å²) in [5.41, 5.74) is 4.05. The summed E-state index contributed by atoms with van der Waals surface area (Å²) in [5, 5.41) is 2.49. The van der Waals surface area contributed by atoms with E-state index < -0.39 is 29.5 Å². The number of piperidine rings is 1. The molecule has 0 saturated carbocycles. The van der Waals surface area contributed by atoms with E-state index in [1.807, 2.05) is 0 Å². The Labute approximate surface area is 135 Å². The molecule has 1 heterocycles. The van der Waals surface area contributed by atoms with Gasteiger partial charge in [0.25, 0.3) is 0 Å². The van der Waals surface area contributed by atoms with Gasteiger partial charge in [-0.25, -0.2) is 9.18 Å². The summed E-state index contributed by atoms with van der Waals surface area (Å²) >= 11 is 0. The van der Waals surface area contributed by atoms with Crippen LogP contribution >= 0.6 is 0 Å². The second kappa shape index (κ2) is 7.06. The number of alkyl halides is 3. The number of benzene rings is 1. The molecule has 0 aliphatic carbocycles. The molecule has 0 unspecified atom stereocenters. The molecule has 0 aromatic heterocycles. The van der Waals surface area contributed by atoms with Crippen LogP contribution in [0.5, 0.6) is 0 Å². The normalized spacial score (nSPS) is 18.3. The predicted molar refractivity (Wildman–Crippen MR) is 77.1 cm³/mol. The number of rotatable bonds is 3. The lowest BCUT2D eigenvalue weighted by Gasteiger charge is -2.30. The second-order valence-corrected chi connectivity index (χ2v) is 5.65. The molecule has 1 aliphatic heterocycles. The quantitative estimate of drug-likeness (QED) is 0.823. The van der Waals surface area contributed by atoms with Crippen LogP contribution in [-0.4, -0.2) is 29.9 Å². The molecule has 1 aliphatic rings. The summed E-state index contributed by atoms with van der Waals surface area (Å²) in [7, 11) is 0. The van der Waals surface area contributed by atoms with Gasteiger partial charge in [-0.2, -0.15) is 13.2 Å². The summed E-state index contributed by atoms with van der Waals surface area (Å²) in [6.07, 6.45) is -3.44. The van der Waals surface area contributed by atoms with E-state index in [2.05, 4.69) is 5.32 Å². The Balaban J connectivity index is 1.95. The van der Waals surface area contributed by atoms with E-state index in [1.165, 1.54) is 4.90 Å². The fraction of sp³-hybridized carbons (Fsp3) is 0.467. The Bertz CT molecular complexity index is 634. The maximum Gasteiger partial charge on any atom is 0.416 e. The minimum Gasteiger partial charge on any atom is -0.352 e. The highest BCUT2D eigenvalue weighted by atomic mass is 19.4.